The van der Waals surface area contributed by atoms with Crippen LogP contribution in [0.25, 0.3) is 43.6 Å². The highest BCUT2D eigenvalue weighted by atomic mass is 16.5. The first-order chi connectivity index (χ1) is 17.1. The van der Waals surface area contributed by atoms with Crippen molar-refractivity contribution < 1.29 is 9.30 Å². The van der Waals surface area contributed by atoms with Gasteiger partial charge in [-0.15, -0.1) is 0 Å². The van der Waals surface area contributed by atoms with E-state index in [-0.39, 0.29) is 5.41 Å². The Hall–Kier alpha value is -3.39. The first-order valence-corrected chi connectivity index (χ1v) is 13.2. The number of rotatable bonds is 3. The number of pyridine rings is 1. The molecule has 36 heavy (non-hydrogen) atoms. The third-order valence-corrected chi connectivity index (χ3v) is 7.65. The Balaban J connectivity index is 1.76. The van der Waals surface area contributed by atoms with E-state index in [1.807, 2.05) is 0 Å². The molecule has 5 aromatic rings. The van der Waals surface area contributed by atoms with Gasteiger partial charge in [-0.05, 0) is 69.8 Å². The zero-order valence-corrected chi connectivity index (χ0v) is 22.6. The van der Waals surface area contributed by atoms with Gasteiger partial charge in [-0.2, -0.15) is 0 Å². The van der Waals surface area contributed by atoms with E-state index in [2.05, 4.69) is 114 Å². The van der Waals surface area contributed by atoms with E-state index < -0.39 is 0 Å². The van der Waals surface area contributed by atoms with Crippen LogP contribution in [0.1, 0.15) is 51.3 Å². The van der Waals surface area contributed by atoms with Crippen LogP contribution in [0.4, 0.5) is 0 Å². The lowest BCUT2D eigenvalue weighted by Crippen LogP contribution is -2.32. The summed E-state index contributed by atoms with van der Waals surface area (Å²) in [6.45, 7) is 13.8. The molecule has 0 aliphatic carbocycles. The summed E-state index contributed by atoms with van der Waals surface area (Å²) < 4.78 is 9.30. The molecule has 2 nitrogen and oxygen atoms in total. The number of aryl methyl sites for hydroxylation is 2. The van der Waals surface area contributed by atoms with Gasteiger partial charge in [0, 0.05) is 17.0 Å². The van der Waals surface area contributed by atoms with Gasteiger partial charge in [0.15, 0.2) is 6.20 Å². The van der Waals surface area contributed by atoms with Crippen molar-refractivity contribution in [2.75, 3.05) is 0 Å². The van der Waals surface area contributed by atoms with Crippen LogP contribution in [0.2, 0.25) is 0 Å². The van der Waals surface area contributed by atoms with Crippen molar-refractivity contribution in [3.8, 4) is 22.8 Å². The Morgan fingerprint density at radius 2 is 1.58 bits per heavy atom. The Morgan fingerprint density at radius 3 is 2.31 bits per heavy atom. The van der Waals surface area contributed by atoms with Crippen LogP contribution < -0.4 is 9.30 Å². The van der Waals surface area contributed by atoms with Crippen molar-refractivity contribution in [2.24, 2.45) is 18.4 Å². The molecule has 6 rings (SSSR count). The van der Waals surface area contributed by atoms with Crippen molar-refractivity contribution in [3.05, 3.63) is 77.5 Å². The van der Waals surface area contributed by atoms with Gasteiger partial charge >= 0.3 is 0 Å². The van der Waals surface area contributed by atoms with Gasteiger partial charge < -0.3 is 4.74 Å². The summed E-state index contributed by atoms with van der Waals surface area (Å²) in [5.74, 6) is 2.56. The second kappa shape index (κ2) is 8.06. The van der Waals surface area contributed by atoms with Gasteiger partial charge in [0.05, 0.1) is 10.9 Å². The average Bonchev–Trinajstić information content (AvgIpc) is 2.82. The third kappa shape index (κ3) is 3.50. The van der Waals surface area contributed by atoms with Crippen LogP contribution in [-0.2, 0) is 19.9 Å². The highest BCUT2D eigenvalue weighted by molar-refractivity contribution is 6.16. The molecule has 0 amide bonds. The zero-order valence-electron chi connectivity index (χ0n) is 22.6. The molecule has 0 fully saturated rings. The van der Waals surface area contributed by atoms with Gasteiger partial charge in [-0.1, -0.05) is 77.1 Å². The molecule has 0 N–H and O–H groups in total. The molecule has 4 aromatic carbocycles. The summed E-state index contributed by atoms with van der Waals surface area (Å²) in [6.07, 6.45) is 4.24. The van der Waals surface area contributed by atoms with E-state index in [4.69, 9.17) is 4.74 Å². The molecule has 1 aliphatic heterocycles. The Morgan fingerprint density at radius 1 is 0.861 bits per heavy atom. The predicted octanol–water partition coefficient (Wildman–Crippen LogP) is 8.84. The first-order valence-electron chi connectivity index (χ1n) is 13.2. The summed E-state index contributed by atoms with van der Waals surface area (Å²) in [5, 5.41) is 7.75. The molecular formula is C34H36NO+. The minimum absolute atomic E-state index is 0.211. The normalized spacial score (nSPS) is 13.0. The van der Waals surface area contributed by atoms with Gasteiger partial charge in [0.1, 0.15) is 18.5 Å². The van der Waals surface area contributed by atoms with Crippen LogP contribution >= 0.6 is 0 Å². The second-order valence-corrected chi connectivity index (χ2v) is 12.2. The van der Waals surface area contributed by atoms with Crippen molar-refractivity contribution in [2.45, 2.75) is 54.4 Å². The Bertz CT molecular complexity index is 1680. The number of nitrogens with zero attached hydrogens (tertiary/aromatic N) is 1. The van der Waals surface area contributed by atoms with Crippen LogP contribution in [0.3, 0.4) is 0 Å². The van der Waals surface area contributed by atoms with Crippen LogP contribution in [0.15, 0.2) is 60.8 Å². The summed E-state index contributed by atoms with van der Waals surface area (Å²) in [4.78, 5) is 0. The smallest absolute Gasteiger partial charge is 0.228 e. The molecule has 0 spiro atoms. The number of hydrogen-bond acceptors (Lipinski definition) is 1. The standard InChI is InChI=1S/C34H36NO/c1-20(2)17-28-24-13-9-8-12-23(24)21(3)30-32-31-26(15-16-35(32)7)25-14-10-11-22(19-34(4,5)6)27(25)18-29(31)36-33(28)30/h8-16,18,20H,17,19H2,1-7H3/q+1. The van der Waals surface area contributed by atoms with Crippen LogP contribution in [0.5, 0.6) is 11.5 Å². The van der Waals surface area contributed by atoms with Crippen molar-refractivity contribution >= 4 is 32.3 Å². The van der Waals surface area contributed by atoms with Crippen molar-refractivity contribution in [3.63, 3.8) is 0 Å². The molecule has 0 atom stereocenters. The summed E-state index contributed by atoms with van der Waals surface area (Å²) in [6, 6.07) is 20.2. The molecule has 0 bridgehead atoms. The number of aromatic nitrogens is 1. The number of ether oxygens (including phenoxy) is 1. The van der Waals surface area contributed by atoms with Crippen molar-refractivity contribution in [1.82, 2.24) is 0 Å². The molecule has 2 heterocycles. The van der Waals surface area contributed by atoms with E-state index in [0.717, 1.165) is 24.3 Å². The summed E-state index contributed by atoms with van der Waals surface area (Å²) in [5.41, 5.74) is 6.73. The highest BCUT2D eigenvalue weighted by Crippen LogP contribution is 2.52. The maximum atomic E-state index is 7.01. The maximum absolute atomic E-state index is 7.01. The maximum Gasteiger partial charge on any atom is 0.228 e. The first kappa shape index (κ1) is 23.0. The van der Waals surface area contributed by atoms with Gasteiger partial charge in [-0.25, -0.2) is 4.57 Å². The van der Waals surface area contributed by atoms with E-state index in [0.29, 0.717) is 5.92 Å². The fraction of sp³-hybridized carbons (Fsp3) is 0.324. The fourth-order valence-corrected chi connectivity index (χ4v) is 6.22. The SMILES string of the molecule is Cc1c2c(c(CC(C)C)c3ccccc13)Oc1cc3c(CC(C)(C)C)cccc3c3cc[n+](C)c-2c13. The Labute approximate surface area is 214 Å². The van der Waals surface area contributed by atoms with Gasteiger partial charge in [0.25, 0.3) is 0 Å². The lowest BCUT2D eigenvalue weighted by Gasteiger charge is -2.27. The van der Waals surface area contributed by atoms with Crippen LogP contribution in [0, 0.1) is 18.3 Å². The highest BCUT2D eigenvalue weighted by Gasteiger charge is 2.33. The second-order valence-electron chi connectivity index (χ2n) is 12.2. The van der Waals surface area contributed by atoms with Crippen LogP contribution in [-0.4, -0.2) is 0 Å². The van der Waals surface area contributed by atoms with Gasteiger partial charge in [-0.3, -0.25) is 0 Å². The number of fused-ring (bicyclic) bond motifs is 5. The molecule has 2 heteroatoms. The lowest BCUT2D eigenvalue weighted by atomic mass is 9.83. The molecule has 1 aliphatic rings. The molecule has 182 valence electrons. The average molecular weight is 475 g/mol. The predicted molar refractivity (Wildman–Crippen MR) is 152 cm³/mol. The van der Waals surface area contributed by atoms with E-state index in [1.165, 1.54) is 60.3 Å². The molecular weight excluding hydrogens is 438 g/mol. The molecule has 0 saturated heterocycles. The molecule has 1 aromatic heterocycles. The minimum Gasteiger partial charge on any atom is -0.455 e. The van der Waals surface area contributed by atoms with Gasteiger partial charge in [0.2, 0.25) is 5.69 Å². The van der Waals surface area contributed by atoms with E-state index >= 15 is 0 Å². The number of benzene rings is 4. The lowest BCUT2D eigenvalue weighted by molar-refractivity contribution is -0.659. The van der Waals surface area contributed by atoms with E-state index in [9.17, 15) is 0 Å². The fourth-order valence-electron chi connectivity index (χ4n) is 6.22. The third-order valence-electron chi connectivity index (χ3n) is 7.65. The summed E-state index contributed by atoms with van der Waals surface area (Å²) in [7, 11) is 2.17. The van der Waals surface area contributed by atoms with E-state index in [1.54, 1.807) is 0 Å². The summed E-state index contributed by atoms with van der Waals surface area (Å²) >= 11 is 0. The molecule has 0 radical (unpaired) electrons. The van der Waals surface area contributed by atoms with Crippen molar-refractivity contribution in [1.29, 1.82) is 0 Å². The largest absolute Gasteiger partial charge is 0.455 e. The molecule has 0 unspecified atom stereocenters. The quantitative estimate of drug-likeness (QED) is 0.184. The topological polar surface area (TPSA) is 13.1 Å². The number of hydrogen-bond donors (Lipinski definition) is 0. The minimum atomic E-state index is 0.211. The Kier molecular flexibility index (Phi) is 5.16. The zero-order chi connectivity index (χ0) is 25.4. The molecule has 0 saturated carbocycles. The monoisotopic (exact) mass is 474 g/mol.